The van der Waals surface area contributed by atoms with Crippen molar-refractivity contribution in [3.05, 3.63) is 35.9 Å². The predicted octanol–water partition coefficient (Wildman–Crippen LogP) is 1.80. The van der Waals surface area contributed by atoms with Gasteiger partial charge in [0.1, 0.15) is 0 Å². The van der Waals surface area contributed by atoms with Crippen LogP contribution in [0.2, 0.25) is 0 Å². The topological polar surface area (TPSA) is 32.3 Å². The third-order valence-electron chi connectivity index (χ3n) is 4.71. The van der Waals surface area contributed by atoms with Gasteiger partial charge in [0, 0.05) is 40.9 Å². The summed E-state index contributed by atoms with van der Waals surface area (Å²) in [6, 6.07) is 12.0. The minimum absolute atomic E-state index is 0.544. The summed E-state index contributed by atoms with van der Waals surface area (Å²) in [5, 5.41) is 3.71. The second-order valence-electron chi connectivity index (χ2n) is 6.27. The zero-order valence-corrected chi connectivity index (χ0v) is 13.5. The second kappa shape index (κ2) is 7.52. The van der Waals surface area contributed by atoms with Gasteiger partial charge in [0.15, 0.2) is 0 Å². The monoisotopic (exact) mass is 306 g/mol. The van der Waals surface area contributed by atoms with Crippen molar-refractivity contribution < 1.29 is 4.21 Å². The summed E-state index contributed by atoms with van der Waals surface area (Å²) in [6.07, 6.45) is 4.57. The lowest BCUT2D eigenvalue weighted by atomic mass is 10.0. The lowest BCUT2D eigenvalue weighted by molar-refractivity contribution is 0.181. The molecule has 0 saturated carbocycles. The molecule has 3 rings (SSSR count). The Morgan fingerprint density at radius 3 is 2.71 bits per heavy atom. The molecule has 0 bridgehead atoms. The van der Waals surface area contributed by atoms with E-state index in [-0.39, 0.29) is 0 Å². The van der Waals surface area contributed by atoms with Crippen LogP contribution >= 0.6 is 0 Å². The summed E-state index contributed by atoms with van der Waals surface area (Å²) < 4.78 is 11.5. The van der Waals surface area contributed by atoms with Crippen LogP contribution in [0.1, 0.15) is 24.8 Å². The van der Waals surface area contributed by atoms with E-state index >= 15 is 0 Å². The van der Waals surface area contributed by atoms with Crippen LogP contribution < -0.4 is 5.32 Å². The van der Waals surface area contributed by atoms with Gasteiger partial charge in [-0.15, -0.1) is 0 Å². The molecule has 4 heteroatoms. The SMILES string of the molecule is O=S1CCC(N2CCCNC(Cc3ccccc3)C2)CC1. The molecule has 2 fully saturated rings. The molecule has 116 valence electrons. The largest absolute Gasteiger partial charge is 0.312 e. The van der Waals surface area contributed by atoms with Crippen molar-refractivity contribution in [3.63, 3.8) is 0 Å². The zero-order valence-electron chi connectivity index (χ0n) is 12.7. The maximum Gasteiger partial charge on any atom is 0.0249 e. The van der Waals surface area contributed by atoms with Gasteiger partial charge in [-0.1, -0.05) is 30.3 Å². The molecule has 3 nitrogen and oxygen atoms in total. The van der Waals surface area contributed by atoms with Crippen LogP contribution in [0.5, 0.6) is 0 Å². The Balaban J connectivity index is 1.59. The summed E-state index contributed by atoms with van der Waals surface area (Å²) in [7, 11) is -0.552. The minimum Gasteiger partial charge on any atom is -0.312 e. The standard InChI is InChI=1S/C17H26N2OS/c20-21-11-7-17(8-12-21)19-10-4-9-18-16(14-19)13-15-5-2-1-3-6-15/h1-3,5-6,16-18H,4,7-14H2. The van der Waals surface area contributed by atoms with Crippen LogP contribution in [-0.2, 0) is 17.2 Å². The van der Waals surface area contributed by atoms with Gasteiger partial charge in [-0.05, 0) is 44.3 Å². The van der Waals surface area contributed by atoms with Crippen molar-refractivity contribution in [3.8, 4) is 0 Å². The van der Waals surface area contributed by atoms with Crippen LogP contribution in [0.25, 0.3) is 0 Å². The highest BCUT2D eigenvalue weighted by Crippen LogP contribution is 2.19. The summed E-state index contributed by atoms with van der Waals surface area (Å²) >= 11 is 0. The first-order valence-corrected chi connectivity index (χ1v) is 9.66. The smallest absolute Gasteiger partial charge is 0.0249 e. The normalized spacial score (nSPS) is 31.7. The molecule has 1 aromatic rings. The fourth-order valence-electron chi connectivity index (χ4n) is 3.54. The molecule has 0 aromatic heterocycles. The molecule has 0 spiro atoms. The van der Waals surface area contributed by atoms with Gasteiger partial charge in [0.05, 0.1) is 0 Å². The van der Waals surface area contributed by atoms with Crippen LogP contribution in [0.3, 0.4) is 0 Å². The van der Waals surface area contributed by atoms with Crippen molar-refractivity contribution >= 4 is 10.8 Å². The van der Waals surface area contributed by atoms with Crippen molar-refractivity contribution in [2.45, 2.75) is 37.8 Å². The van der Waals surface area contributed by atoms with Crippen LogP contribution in [0.4, 0.5) is 0 Å². The Kier molecular flexibility index (Phi) is 5.44. The average Bonchev–Trinajstić information content (AvgIpc) is 2.75. The van der Waals surface area contributed by atoms with Crippen LogP contribution in [0.15, 0.2) is 30.3 Å². The van der Waals surface area contributed by atoms with E-state index in [1.54, 1.807) is 0 Å². The van der Waals surface area contributed by atoms with E-state index in [9.17, 15) is 4.21 Å². The lowest BCUT2D eigenvalue weighted by Crippen LogP contribution is -2.45. The number of hydrogen-bond acceptors (Lipinski definition) is 3. The molecule has 2 saturated heterocycles. The maximum absolute atomic E-state index is 11.5. The van der Waals surface area contributed by atoms with Gasteiger partial charge >= 0.3 is 0 Å². The van der Waals surface area contributed by atoms with Crippen LogP contribution in [-0.4, -0.2) is 52.3 Å². The molecule has 1 unspecified atom stereocenters. The number of nitrogens with zero attached hydrogens (tertiary/aromatic N) is 1. The van der Waals surface area contributed by atoms with Crippen molar-refractivity contribution in [1.29, 1.82) is 0 Å². The Labute approximate surface area is 130 Å². The number of rotatable bonds is 3. The molecule has 21 heavy (non-hydrogen) atoms. The van der Waals surface area contributed by atoms with E-state index in [0.29, 0.717) is 12.1 Å². The molecular formula is C17H26N2OS. The van der Waals surface area contributed by atoms with Gasteiger partial charge < -0.3 is 5.32 Å². The first-order valence-electron chi connectivity index (χ1n) is 8.17. The zero-order chi connectivity index (χ0) is 14.5. The summed E-state index contributed by atoms with van der Waals surface area (Å²) in [4.78, 5) is 2.66. The van der Waals surface area contributed by atoms with Gasteiger partial charge in [-0.25, -0.2) is 0 Å². The molecular weight excluding hydrogens is 280 g/mol. The summed E-state index contributed by atoms with van der Waals surface area (Å²) in [5.41, 5.74) is 1.42. The predicted molar refractivity (Wildman–Crippen MR) is 89.0 cm³/mol. The lowest BCUT2D eigenvalue weighted by Gasteiger charge is -2.34. The van der Waals surface area contributed by atoms with Crippen molar-refractivity contribution in [2.75, 3.05) is 31.1 Å². The van der Waals surface area contributed by atoms with Gasteiger partial charge in [0.25, 0.3) is 0 Å². The molecule has 0 radical (unpaired) electrons. The third-order valence-corrected chi connectivity index (χ3v) is 6.09. The average molecular weight is 306 g/mol. The molecule has 0 amide bonds. The molecule has 2 aliphatic rings. The Morgan fingerprint density at radius 1 is 1.19 bits per heavy atom. The minimum atomic E-state index is -0.552. The Bertz CT molecular complexity index is 455. The van der Waals surface area contributed by atoms with Gasteiger partial charge in [0.2, 0.25) is 0 Å². The summed E-state index contributed by atoms with van der Waals surface area (Å²) in [5.74, 6) is 1.80. The first kappa shape index (κ1) is 15.2. The molecule has 2 aliphatic heterocycles. The third kappa shape index (κ3) is 4.38. The maximum atomic E-state index is 11.5. The van der Waals surface area contributed by atoms with E-state index in [1.807, 2.05) is 0 Å². The first-order chi connectivity index (χ1) is 10.3. The highest BCUT2D eigenvalue weighted by atomic mass is 32.2. The highest BCUT2D eigenvalue weighted by Gasteiger charge is 2.27. The quantitative estimate of drug-likeness (QED) is 0.924. The second-order valence-corrected chi connectivity index (χ2v) is 7.96. The van der Waals surface area contributed by atoms with E-state index in [2.05, 4.69) is 40.5 Å². The van der Waals surface area contributed by atoms with E-state index in [1.165, 1.54) is 18.5 Å². The molecule has 1 N–H and O–H groups in total. The number of nitrogens with one attached hydrogen (secondary N) is 1. The molecule has 1 atom stereocenters. The van der Waals surface area contributed by atoms with E-state index < -0.39 is 10.8 Å². The fraction of sp³-hybridized carbons (Fsp3) is 0.647. The van der Waals surface area contributed by atoms with E-state index in [4.69, 9.17) is 0 Å². The summed E-state index contributed by atoms with van der Waals surface area (Å²) in [6.45, 7) is 3.44. The van der Waals surface area contributed by atoms with Crippen molar-refractivity contribution in [1.82, 2.24) is 10.2 Å². The molecule has 1 aromatic carbocycles. The Hall–Kier alpha value is -0.710. The Morgan fingerprint density at radius 2 is 1.95 bits per heavy atom. The van der Waals surface area contributed by atoms with Crippen LogP contribution in [0, 0.1) is 0 Å². The fourth-order valence-corrected chi connectivity index (χ4v) is 4.81. The van der Waals surface area contributed by atoms with Crippen molar-refractivity contribution in [2.24, 2.45) is 0 Å². The molecule has 0 aliphatic carbocycles. The number of benzene rings is 1. The van der Waals surface area contributed by atoms with Gasteiger partial charge in [-0.2, -0.15) is 0 Å². The molecule has 2 heterocycles. The van der Waals surface area contributed by atoms with E-state index in [0.717, 1.165) is 43.9 Å². The van der Waals surface area contributed by atoms with Gasteiger partial charge in [-0.3, -0.25) is 9.11 Å². The highest BCUT2D eigenvalue weighted by molar-refractivity contribution is 7.85. The number of hydrogen-bond donors (Lipinski definition) is 1.